The van der Waals surface area contributed by atoms with Crippen LogP contribution in [0.5, 0.6) is 0 Å². The molecule has 75 valence electrons. The molecule has 0 unspecified atom stereocenters. The number of allylic oxidation sites excluding steroid dienone is 2. The fraction of sp³-hybridized carbons (Fsp3) is 0.0714. The van der Waals surface area contributed by atoms with Gasteiger partial charge in [0.2, 0.25) is 0 Å². The summed E-state index contributed by atoms with van der Waals surface area (Å²) in [5.74, 6) is 0. The molecule has 1 heteroatoms. The number of hydrogen-bond donors (Lipinski definition) is 0. The molecule has 1 nitrogen and oxygen atoms in total. The van der Waals surface area contributed by atoms with Gasteiger partial charge in [-0.05, 0) is 11.6 Å². The Morgan fingerprint density at radius 1 is 1.00 bits per heavy atom. The maximum absolute atomic E-state index is 2.16. The highest BCUT2D eigenvalue weighted by atomic mass is 15.1. The van der Waals surface area contributed by atoms with Crippen molar-refractivity contribution in [3.8, 4) is 0 Å². The second kappa shape index (κ2) is 5.20. The molecule has 0 atom stereocenters. The van der Waals surface area contributed by atoms with E-state index in [-0.39, 0.29) is 0 Å². The molecule has 2 rings (SSSR count). The lowest BCUT2D eigenvalue weighted by Gasteiger charge is -2.17. The van der Waals surface area contributed by atoms with Crippen molar-refractivity contribution in [2.75, 3.05) is 6.54 Å². The van der Waals surface area contributed by atoms with Crippen molar-refractivity contribution in [2.24, 2.45) is 0 Å². The summed E-state index contributed by atoms with van der Waals surface area (Å²) in [6.07, 6.45) is 12.5. The third-order valence-electron chi connectivity index (χ3n) is 2.20. The molecular formula is C14H14N. The number of benzene rings is 1. The van der Waals surface area contributed by atoms with E-state index in [0.717, 1.165) is 6.54 Å². The fourth-order valence-electron chi connectivity index (χ4n) is 1.43. The van der Waals surface area contributed by atoms with Gasteiger partial charge >= 0.3 is 0 Å². The Balaban J connectivity index is 1.85. The first-order chi connectivity index (χ1) is 7.45. The molecule has 1 aromatic rings. The van der Waals surface area contributed by atoms with Gasteiger partial charge in [0.1, 0.15) is 0 Å². The van der Waals surface area contributed by atoms with E-state index in [9.17, 15) is 0 Å². The van der Waals surface area contributed by atoms with Crippen molar-refractivity contribution >= 4 is 6.08 Å². The number of rotatable bonds is 3. The fourth-order valence-corrected chi connectivity index (χ4v) is 1.43. The molecule has 0 bridgehead atoms. The Bertz CT molecular complexity index is 374. The average molecular weight is 196 g/mol. The molecule has 1 heterocycles. The highest BCUT2D eigenvalue weighted by Crippen LogP contribution is 2.05. The van der Waals surface area contributed by atoms with E-state index < -0.39 is 0 Å². The lowest BCUT2D eigenvalue weighted by atomic mass is 10.2. The van der Waals surface area contributed by atoms with E-state index in [4.69, 9.17) is 0 Å². The molecule has 0 aliphatic carbocycles. The molecule has 1 aliphatic heterocycles. The first kappa shape index (κ1) is 9.78. The molecular weight excluding hydrogens is 182 g/mol. The molecule has 0 spiro atoms. The van der Waals surface area contributed by atoms with Crippen LogP contribution in [0.25, 0.3) is 6.08 Å². The standard InChI is InChI=1S/C14H14N/c1-3-8-14(9-4-1)10-7-13-15-11-5-2-6-12-15/h1-12H,13H2/b10-7+. The topological polar surface area (TPSA) is 3.24 Å². The minimum Gasteiger partial charge on any atom is -0.365 e. The van der Waals surface area contributed by atoms with Crippen LogP contribution in [0.2, 0.25) is 0 Å². The minimum absolute atomic E-state index is 0.912. The highest BCUT2D eigenvalue weighted by Gasteiger charge is 1.95. The summed E-state index contributed by atoms with van der Waals surface area (Å²) in [4.78, 5) is 2.14. The van der Waals surface area contributed by atoms with Gasteiger partial charge < -0.3 is 4.90 Å². The van der Waals surface area contributed by atoms with Gasteiger partial charge in [-0.2, -0.15) is 0 Å². The summed E-state index contributed by atoms with van der Waals surface area (Å²) in [5.41, 5.74) is 1.24. The quantitative estimate of drug-likeness (QED) is 0.717. The highest BCUT2D eigenvalue weighted by molar-refractivity contribution is 5.48. The largest absolute Gasteiger partial charge is 0.365 e. The normalized spacial score (nSPS) is 15.1. The minimum atomic E-state index is 0.912. The molecule has 0 fully saturated rings. The summed E-state index contributed by atoms with van der Waals surface area (Å²) in [7, 11) is 0. The van der Waals surface area contributed by atoms with Crippen LogP contribution in [0.15, 0.2) is 60.8 Å². The molecule has 0 N–H and O–H groups in total. The summed E-state index contributed by atoms with van der Waals surface area (Å²) < 4.78 is 0. The molecule has 0 saturated heterocycles. The van der Waals surface area contributed by atoms with Crippen LogP contribution < -0.4 is 0 Å². The van der Waals surface area contributed by atoms with Gasteiger partial charge in [0.25, 0.3) is 0 Å². The average Bonchev–Trinajstić information content (AvgIpc) is 2.32. The van der Waals surface area contributed by atoms with E-state index >= 15 is 0 Å². The van der Waals surface area contributed by atoms with Crippen LogP contribution in [0.4, 0.5) is 0 Å². The van der Waals surface area contributed by atoms with Crippen molar-refractivity contribution in [1.29, 1.82) is 0 Å². The van der Waals surface area contributed by atoms with Crippen molar-refractivity contribution in [1.82, 2.24) is 4.90 Å². The van der Waals surface area contributed by atoms with E-state index in [1.54, 1.807) is 0 Å². The predicted molar refractivity (Wildman–Crippen MR) is 64.8 cm³/mol. The van der Waals surface area contributed by atoms with Gasteiger partial charge in [0, 0.05) is 12.7 Å². The van der Waals surface area contributed by atoms with Crippen molar-refractivity contribution in [3.05, 3.63) is 72.9 Å². The van der Waals surface area contributed by atoms with Gasteiger partial charge in [0.15, 0.2) is 0 Å². The van der Waals surface area contributed by atoms with Crippen molar-refractivity contribution in [2.45, 2.75) is 0 Å². The zero-order chi connectivity index (χ0) is 10.3. The first-order valence-corrected chi connectivity index (χ1v) is 5.11. The van der Waals surface area contributed by atoms with Gasteiger partial charge in [0.05, 0.1) is 6.54 Å². The van der Waals surface area contributed by atoms with E-state index in [2.05, 4.69) is 54.1 Å². The summed E-state index contributed by atoms with van der Waals surface area (Å²) >= 11 is 0. The zero-order valence-corrected chi connectivity index (χ0v) is 8.58. The van der Waals surface area contributed by atoms with Gasteiger partial charge in [-0.1, -0.05) is 54.6 Å². The molecule has 1 aliphatic rings. The lowest BCUT2D eigenvalue weighted by molar-refractivity contribution is 0.522. The van der Waals surface area contributed by atoms with Crippen LogP contribution in [0, 0.1) is 6.54 Å². The smallest absolute Gasteiger partial charge is 0.0714 e. The molecule has 15 heavy (non-hydrogen) atoms. The van der Waals surface area contributed by atoms with E-state index in [1.807, 2.05) is 24.3 Å². The third kappa shape index (κ3) is 3.13. The molecule has 0 saturated carbocycles. The van der Waals surface area contributed by atoms with Crippen LogP contribution in [-0.2, 0) is 0 Å². The number of nitrogens with zero attached hydrogens (tertiary/aromatic N) is 1. The van der Waals surface area contributed by atoms with E-state index in [0.29, 0.717) is 0 Å². The summed E-state index contributed by atoms with van der Waals surface area (Å²) in [6, 6.07) is 10.3. The van der Waals surface area contributed by atoms with E-state index in [1.165, 1.54) is 5.56 Å². The molecule has 1 radical (unpaired) electrons. The zero-order valence-electron chi connectivity index (χ0n) is 8.58. The van der Waals surface area contributed by atoms with Crippen LogP contribution in [0.3, 0.4) is 0 Å². The van der Waals surface area contributed by atoms with Crippen molar-refractivity contribution in [3.63, 3.8) is 0 Å². The summed E-state index contributed by atoms with van der Waals surface area (Å²) in [5, 5.41) is 0. The second-order valence-electron chi connectivity index (χ2n) is 3.39. The Kier molecular flexibility index (Phi) is 3.39. The number of hydrogen-bond acceptors (Lipinski definition) is 1. The lowest BCUT2D eigenvalue weighted by Crippen LogP contribution is -2.13. The van der Waals surface area contributed by atoms with Crippen LogP contribution >= 0.6 is 0 Å². The predicted octanol–water partition coefficient (Wildman–Crippen LogP) is 3.25. The van der Waals surface area contributed by atoms with Gasteiger partial charge in [-0.25, -0.2) is 0 Å². The van der Waals surface area contributed by atoms with Crippen LogP contribution in [0.1, 0.15) is 5.56 Å². The van der Waals surface area contributed by atoms with Crippen LogP contribution in [-0.4, -0.2) is 11.4 Å². The Morgan fingerprint density at radius 3 is 2.60 bits per heavy atom. The Hall–Kier alpha value is -1.76. The van der Waals surface area contributed by atoms with Gasteiger partial charge in [-0.3, -0.25) is 0 Å². The van der Waals surface area contributed by atoms with Crippen molar-refractivity contribution < 1.29 is 0 Å². The molecule has 1 aromatic carbocycles. The second-order valence-corrected chi connectivity index (χ2v) is 3.39. The Labute approximate surface area is 91.0 Å². The monoisotopic (exact) mass is 196 g/mol. The molecule has 0 aromatic heterocycles. The summed E-state index contributed by atoms with van der Waals surface area (Å²) in [6.45, 7) is 2.98. The maximum Gasteiger partial charge on any atom is 0.0714 e. The van der Waals surface area contributed by atoms with Gasteiger partial charge in [-0.15, -0.1) is 0 Å². The SMILES string of the molecule is [CH]1C=CC=CN1C/C=C/c1ccccc1. The third-order valence-corrected chi connectivity index (χ3v) is 2.20. The molecule has 0 amide bonds. The Morgan fingerprint density at radius 2 is 1.87 bits per heavy atom. The maximum atomic E-state index is 2.16. The first-order valence-electron chi connectivity index (χ1n) is 5.11.